The van der Waals surface area contributed by atoms with Crippen LogP contribution in [-0.2, 0) is 14.3 Å². The predicted octanol–water partition coefficient (Wildman–Crippen LogP) is 16.5. The number of carbonyl (C=O) groups is 2. The molecule has 0 saturated carbocycles. The van der Waals surface area contributed by atoms with E-state index in [2.05, 4.69) is 31.3 Å². The van der Waals surface area contributed by atoms with Crippen molar-refractivity contribution in [2.45, 2.75) is 315 Å². The standard InChI is InChI=1S/C55H107NO5/c1-3-5-7-9-11-13-15-24-29-33-37-41-45-49-55(60)61-50-46-42-38-34-30-26-23-21-19-17-16-18-20-22-25-28-32-36-40-44-48-54(59)56-52(51-57)53(58)47-43-39-35-31-27-14-12-10-8-6-4-2/h13,15,52-53,57-58H,3-12,14,16-51H2,1-2H3,(H,56,59)/b15-13-. The smallest absolute Gasteiger partial charge is 0.305 e. The van der Waals surface area contributed by atoms with E-state index in [1.165, 1.54) is 225 Å². The second-order valence-corrected chi connectivity index (χ2v) is 18.9. The topological polar surface area (TPSA) is 95.9 Å². The average Bonchev–Trinajstić information content (AvgIpc) is 3.26. The molecule has 0 aliphatic heterocycles. The Kier molecular flexibility index (Phi) is 50.1. The first-order valence-electron chi connectivity index (χ1n) is 27.4. The Hall–Kier alpha value is -1.40. The first-order valence-corrected chi connectivity index (χ1v) is 27.4. The lowest BCUT2D eigenvalue weighted by Crippen LogP contribution is -2.45. The molecular weight excluding hydrogens is 755 g/mol. The number of ether oxygens (including phenoxy) is 1. The summed E-state index contributed by atoms with van der Waals surface area (Å²) in [5.74, 6) is -0.0357. The van der Waals surface area contributed by atoms with Gasteiger partial charge in [-0.3, -0.25) is 9.59 Å². The number of hydrogen-bond acceptors (Lipinski definition) is 5. The lowest BCUT2D eigenvalue weighted by Gasteiger charge is -2.22. The number of nitrogens with one attached hydrogen (secondary N) is 1. The number of carbonyl (C=O) groups excluding carboxylic acids is 2. The van der Waals surface area contributed by atoms with Gasteiger partial charge in [0.15, 0.2) is 0 Å². The van der Waals surface area contributed by atoms with Crippen LogP contribution in [0.1, 0.15) is 303 Å². The third-order valence-corrected chi connectivity index (χ3v) is 12.8. The van der Waals surface area contributed by atoms with E-state index in [-0.39, 0.29) is 18.5 Å². The summed E-state index contributed by atoms with van der Waals surface area (Å²) in [6, 6.07) is -0.540. The summed E-state index contributed by atoms with van der Waals surface area (Å²) in [5, 5.41) is 23.2. The molecule has 0 fully saturated rings. The normalized spacial score (nSPS) is 12.7. The van der Waals surface area contributed by atoms with Crippen molar-refractivity contribution in [3.8, 4) is 0 Å². The zero-order valence-corrected chi connectivity index (χ0v) is 41.2. The van der Waals surface area contributed by atoms with E-state index in [1.54, 1.807) is 0 Å². The van der Waals surface area contributed by atoms with E-state index in [0.29, 0.717) is 25.9 Å². The fraction of sp³-hybridized carbons (Fsp3) is 0.927. The van der Waals surface area contributed by atoms with Crippen LogP contribution in [0.25, 0.3) is 0 Å². The molecule has 0 spiro atoms. The number of allylic oxidation sites excluding steroid dienone is 2. The van der Waals surface area contributed by atoms with E-state index in [1.807, 2.05) is 0 Å². The van der Waals surface area contributed by atoms with E-state index in [9.17, 15) is 19.8 Å². The minimum absolute atomic E-state index is 0.00149. The minimum atomic E-state index is -0.663. The van der Waals surface area contributed by atoms with Gasteiger partial charge in [0.2, 0.25) is 5.91 Å². The van der Waals surface area contributed by atoms with E-state index in [0.717, 1.165) is 44.9 Å². The largest absolute Gasteiger partial charge is 0.466 e. The van der Waals surface area contributed by atoms with Crippen molar-refractivity contribution >= 4 is 11.9 Å². The lowest BCUT2D eigenvalue weighted by molar-refractivity contribution is -0.143. The maximum atomic E-state index is 12.4. The third-order valence-electron chi connectivity index (χ3n) is 12.8. The Balaban J connectivity index is 3.37. The molecule has 362 valence electrons. The van der Waals surface area contributed by atoms with Gasteiger partial charge in [0.25, 0.3) is 0 Å². The SMILES string of the molecule is CCCCCC/C=C\CCCCCCCC(=O)OCCCCCCCCCCCCCCCCCCCCCCC(=O)NC(CO)C(O)CCCCCCCCCCCCC. The second-order valence-electron chi connectivity index (χ2n) is 18.9. The third kappa shape index (κ3) is 47.9. The van der Waals surface area contributed by atoms with Gasteiger partial charge < -0.3 is 20.3 Å². The summed E-state index contributed by atoms with van der Waals surface area (Å²) in [4.78, 5) is 24.4. The Bertz CT molecular complexity index is 909. The molecule has 6 nitrogen and oxygen atoms in total. The molecule has 0 rings (SSSR count). The van der Waals surface area contributed by atoms with Crippen LogP contribution in [0.4, 0.5) is 0 Å². The zero-order valence-electron chi connectivity index (χ0n) is 41.2. The van der Waals surface area contributed by atoms with Crippen LogP contribution in [0.15, 0.2) is 12.2 Å². The molecule has 0 aromatic rings. The summed E-state index contributed by atoms with van der Waals surface area (Å²) in [7, 11) is 0. The van der Waals surface area contributed by atoms with Crippen LogP contribution < -0.4 is 5.32 Å². The molecule has 3 N–H and O–H groups in total. The van der Waals surface area contributed by atoms with Crippen molar-refractivity contribution in [2.75, 3.05) is 13.2 Å². The van der Waals surface area contributed by atoms with Crippen LogP contribution in [-0.4, -0.2) is 47.4 Å². The van der Waals surface area contributed by atoms with Gasteiger partial charge >= 0.3 is 5.97 Å². The Morgan fingerprint density at radius 3 is 1.18 bits per heavy atom. The maximum absolute atomic E-state index is 12.4. The van der Waals surface area contributed by atoms with Gasteiger partial charge in [-0.1, -0.05) is 251 Å². The predicted molar refractivity (Wildman–Crippen MR) is 264 cm³/mol. The number of aliphatic hydroxyl groups is 2. The van der Waals surface area contributed by atoms with Gasteiger partial charge in [-0.05, 0) is 51.4 Å². The summed E-state index contributed by atoms with van der Waals surface area (Å²) in [5.41, 5.74) is 0. The van der Waals surface area contributed by atoms with E-state index in [4.69, 9.17) is 4.74 Å². The quantitative estimate of drug-likeness (QED) is 0.0322. The Morgan fingerprint density at radius 1 is 0.443 bits per heavy atom. The molecule has 61 heavy (non-hydrogen) atoms. The number of unbranched alkanes of at least 4 members (excludes halogenated alkanes) is 38. The molecule has 2 atom stereocenters. The Morgan fingerprint density at radius 2 is 0.770 bits per heavy atom. The number of rotatable bonds is 51. The molecule has 2 unspecified atom stereocenters. The highest BCUT2D eigenvalue weighted by atomic mass is 16.5. The van der Waals surface area contributed by atoms with Crippen molar-refractivity contribution in [1.82, 2.24) is 5.32 Å². The fourth-order valence-electron chi connectivity index (χ4n) is 8.58. The van der Waals surface area contributed by atoms with Crippen LogP contribution in [0, 0.1) is 0 Å². The van der Waals surface area contributed by atoms with Gasteiger partial charge in [0, 0.05) is 12.8 Å². The van der Waals surface area contributed by atoms with Crippen LogP contribution in [0.2, 0.25) is 0 Å². The zero-order chi connectivity index (χ0) is 44.4. The van der Waals surface area contributed by atoms with Gasteiger partial charge in [-0.25, -0.2) is 0 Å². The highest BCUT2D eigenvalue weighted by Gasteiger charge is 2.20. The highest BCUT2D eigenvalue weighted by Crippen LogP contribution is 2.17. The number of esters is 1. The maximum Gasteiger partial charge on any atom is 0.305 e. The van der Waals surface area contributed by atoms with Gasteiger partial charge in [-0.15, -0.1) is 0 Å². The van der Waals surface area contributed by atoms with Crippen molar-refractivity contribution in [1.29, 1.82) is 0 Å². The molecule has 0 heterocycles. The number of hydrogen-bond donors (Lipinski definition) is 3. The monoisotopic (exact) mass is 862 g/mol. The Labute approximate surface area is 380 Å². The van der Waals surface area contributed by atoms with E-state index >= 15 is 0 Å². The summed E-state index contributed by atoms with van der Waals surface area (Å²) >= 11 is 0. The molecule has 6 heteroatoms. The minimum Gasteiger partial charge on any atom is -0.466 e. The van der Waals surface area contributed by atoms with Crippen molar-refractivity contribution in [3.05, 3.63) is 12.2 Å². The highest BCUT2D eigenvalue weighted by molar-refractivity contribution is 5.76. The second kappa shape index (κ2) is 51.2. The molecule has 0 aromatic carbocycles. The molecule has 0 aliphatic rings. The first kappa shape index (κ1) is 59.6. The molecule has 0 radical (unpaired) electrons. The fourth-order valence-corrected chi connectivity index (χ4v) is 8.58. The summed E-state index contributed by atoms with van der Waals surface area (Å²) in [6.07, 6.45) is 59.1. The summed E-state index contributed by atoms with van der Waals surface area (Å²) in [6.45, 7) is 4.93. The van der Waals surface area contributed by atoms with Crippen molar-refractivity contribution in [2.24, 2.45) is 0 Å². The number of aliphatic hydroxyl groups excluding tert-OH is 2. The van der Waals surface area contributed by atoms with Crippen LogP contribution in [0.5, 0.6) is 0 Å². The van der Waals surface area contributed by atoms with Crippen LogP contribution >= 0.6 is 0 Å². The molecular formula is C55H107NO5. The molecule has 0 aromatic heterocycles. The average molecular weight is 862 g/mol. The molecule has 0 bridgehead atoms. The van der Waals surface area contributed by atoms with E-state index < -0.39 is 12.1 Å². The molecule has 0 saturated heterocycles. The van der Waals surface area contributed by atoms with Gasteiger partial charge in [0.1, 0.15) is 0 Å². The molecule has 0 aliphatic carbocycles. The summed E-state index contributed by atoms with van der Waals surface area (Å²) < 4.78 is 5.46. The van der Waals surface area contributed by atoms with Crippen molar-refractivity contribution < 1.29 is 24.5 Å². The van der Waals surface area contributed by atoms with Crippen molar-refractivity contribution in [3.63, 3.8) is 0 Å². The molecule has 1 amide bonds. The van der Waals surface area contributed by atoms with Gasteiger partial charge in [0.05, 0.1) is 25.4 Å². The lowest BCUT2D eigenvalue weighted by atomic mass is 10.0. The first-order chi connectivity index (χ1) is 30.0. The number of amides is 1. The van der Waals surface area contributed by atoms with Gasteiger partial charge in [-0.2, -0.15) is 0 Å². The van der Waals surface area contributed by atoms with Crippen LogP contribution in [0.3, 0.4) is 0 Å².